The van der Waals surface area contributed by atoms with Crippen molar-refractivity contribution >= 4 is 11.8 Å². The molecule has 1 atom stereocenters. The van der Waals surface area contributed by atoms with Gasteiger partial charge in [-0.05, 0) is 30.3 Å². The van der Waals surface area contributed by atoms with E-state index in [4.69, 9.17) is 0 Å². The summed E-state index contributed by atoms with van der Waals surface area (Å²) < 4.78 is 0. The standard InChI is InChI=1S/C16H34S/c1-4-7-9-10-11-12-14-17-15-16(6-3)13-8-5-2/h16H,4-15H2,1-3H3. The second-order valence-electron chi connectivity index (χ2n) is 5.26. The zero-order valence-electron chi connectivity index (χ0n) is 12.5. The monoisotopic (exact) mass is 258 g/mol. The largest absolute Gasteiger partial charge is 0.162 e. The molecule has 0 aliphatic heterocycles. The lowest BCUT2D eigenvalue weighted by Crippen LogP contribution is -2.02. The highest BCUT2D eigenvalue weighted by Gasteiger charge is 2.05. The zero-order chi connectivity index (χ0) is 12.8. The summed E-state index contributed by atoms with van der Waals surface area (Å²) >= 11 is 2.20. The first-order valence-corrected chi connectivity index (χ1v) is 9.08. The Morgan fingerprint density at radius 3 is 2.06 bits per heavy atom. The Balaban J connectivity index is 3.19. The lowest BCUT2D eigenvalue weighted by Gasteiger charge is -2.13. The molecule has 0 spiro atoms. The summed E-state index contributed by atoms with van der Waals surface area (Å²) in [6.07, 6.45) is 14.2. The van der Waals surface area contributed by atoms with Crippen LogP contribution in [0.25, 0.3) is 0 Å². The molecule has 0 N–H and O–H groups in total. The van der Waals surface area contributed by atoms with Gasteiger partial charge in [0, 0.05) is 0 Å². The van der Waals surface area contributed by atoms with Gasteiger partial charge < -0.3 is 0 Å². The number of hydrogen-bond acceptors (Lipinski definition) is 1. The molecule has 0 saturated carbocycles. The van der Waals surface area contributed by atoms with Gasteiger partial charge in [0.1, 0.15) is 0 Å². The lowest BCUT2D eigenvalue weighted by atomic mass is 10.0. The molecule has 0 nitrogen and oxygen atoms in total. The number of hydrogen-bond donors (Lipinski definition) is 0. The van der Waals surface area contributed by atoms with Gasteiger partial charge in [0.05, 0.1) is 0 Å². The molecule has 0 aromatic rings. The molecule has 0 heterocycles. The summed E-state index contributed by atoms with van der Waals surface area (Å²) in [6, 6.07) is 0. The Hall–Kier alpha value is 0.350. The smallest absolute Gasteiger partial charge is 0.00392 e. The molecular weight excluding hydrogens is 224 g/mol. The van der Waals surface area contributed by atoms with Crippen molar-refractivity contribution in [1.82, 2.24) is 0 Å². The van der Waals surface area contributed by atoms with Crippen molar-refractivity contribution in [2.45, 2.75) is 85.0 Å². The van der Waals surface area contributed by atoms with Crippen molar-refractivity contribution in [3.8, 4) is 0 Å². The number of unbranched alkanes of at least 4 members (excludes halogenated alkanes) is 6. The van der Waals surface area contributed by atoms with Crippen LogP contribution in [0, 0.1) is 5.92 Å². The molecule has 0 amide bonds. The minimum Gasteiger partial charge on any atom is -0.162 e. The molecule has 0 fully saturated rings. The van der Waals surface area contributed by atoms with Gasteiger partial charge in [-0.1, -0.05) is 72.1 Å². The summed E-state index contributed by atoms with van der Waals surface area (Å²) in [5.41, 5.74) is 0. The minimum atomic E-state index is 0.986. The molecule has 0 aromatic carbocycles. The fourth-order valence-electron chi connectivity index (χ4n) is 2.13. The van der Waals surface area contributed by atoms with E-state index in [1.807, 2.05) is 0 Å². The number of thioether (sulfide) groups is 1. The van der Waals surface area contributed by atoms with Gasteiger partial charge in [-0.15, -0.1) is 0 Å². The van der Waals surface area contributed by atoms with Crippen LogP contribution in [0.5, 0.6) is 0 Å². The van der Waals surface area contributed by atoms with E-state index in [1.165, 1.54) is 75.7 Å². The first kappa shape index (κ1) is 17.4. The molecule has 0 rings (SSSR count). The fourth-order valence-corrected chi connectivity index (χ4v) is 3.44. The molecular formula is C16H34S. The first-order valence-electron chi connectivity index (χ1n) is 7.92. The fraction of sp³-hybridized carbons (Fsp3) is 1.00. The molecule has 0 bridgehead atoms. The zero-order valence-corrected chi connectivity index (χ0v) is 13.3. The minimum absolute atomic E-state index is 0.986. The van der Waals surface area contributed by atoms with E-state index in [1.54, 1.807) is 0 Å². The maximum atomic E-state index is 2.35. The van der Waals surface area contributed by atoms with E-state index in [9.17, 15) is 0 Å². The van der Waals surface area contributed by atoms with Crippen LogP contribution in [0.1, 0.15) is 85.0 Å². The highest BCUT2D eigenvalue weighted by Crippen LogP contribution is 2.19. The molecule has 0 saturated heterocycles. The average molecular weight is 259 g/mol. The highest BCUT2D eigenvalue weighted by molar-refractivity contribution is 7.99. The van der Waals surface area contributed by atoms with Crippen LogP contribution in [-0.4, -0.2) is 11.5 Å². The first-order chi connectivity index (χ1) is 8.35. The third-order valence-corrected chi connectivity index (χ3v) is 4.82. The van der Waals surface area contributed by atoms with E-state index in [-0.39, 0.29) is 0 Å². The van der Waals surface area contributed by atoms with Gasteiger partial charge in [-0.3, -0.25) is 0 Å². The maximum Gasteiger partial charge on any atom is -0.00392 e. The highest BCUT2D eigenvalue weighted by atomic mass is 32.2. The van der Waals surface area contributed by atoms with E-state index < -0.39 is 0 Å². The molecule has 0 radical (unpaired) electrons. The van der Waals surface area contributed by atoms with Crippen molar-refractivity contribution in [1.29, 1.82) is 0 Å². The van der Waals surface area contributed by atoms with Crippen molar-refractivity contribution in [2.24, 2.45) is 5.92 Å². The molecule has 0 aromatic heterocycles. The van der Waals surface area contributed by atoms with Crippen LogP contribution >= 0.6 is 11.8 Å². The number of rotatable bonds is 13. The molecule has 0 aliphatic carbocycles. The summed E-state index contributed by atoms with van der Waals surface area (Å²) in [4.78, 5) is 0. The topological polar surface area (TPSA) is 0 Å². The Labute approximate surface area is 114 Å². The molecule has 104 valence electrons. The van der Waals surface area contributed by atoms with Gasteiger partial charge in [-0.25, -0.2) is 0 Å². The van der Waals surface area contributed by atoms with Gasteiger partial charge >= 0.3 is 0 Å². The van der Waals surface area contributed by atoms with E-state index in [2.05, 4.69) is 32.5 Å². The SMILES string of the molecule is CCCCCCCCSCC(CC)CCCC. The van der Waals surface area contributed by atoms with Crippen LogP contribution in [0.2, 0.25) is 0 Å². The van der Waals surface area contributed by atoms with Gasteiger partial charge in [-0.2, -0.15) is 11.8 Å². The summed E-state index contributed by atoms with van der Waals surface area (Å²) in [5.74, 6) is 3.79. The Morgan fingerprint density at radius 1 is 0.765 bits per heavy atom. The summed E-state index contributed by atoms with van der Waals surface area (Å²) in [7, 11) is 0. The van der Waals surface area contributed by atoms with Gasteiger partial charge in [0.25, 0.3) is 0 Å². The van der Waals surface area contributed by atoms with Crippen molar-refractivity contribution in [3.05, 3.63) is 0 Å². The molecule has 1 heteroatoms. The van der Waals surface area contributed by atoms with Crippen LogP contribution in [-0.2, 0) is 0 Å². The predicted octanol–water partition coefficient (Wildman–Crippen LogP) is 6.30. The Bertz CT molecular complexity index is 133. The molecule has 1 unspecified atom stereocenters. The van der Waals surface area contributed by atoms with E-state index in [0.717, 1.165) is 5.92 Å². The normalized spacial score (nSPS) is 12.9. The van der Waals surface area contributed by atoms with E-state index >= 15 is 0 Å². The van der Waals surface area contributed by atoms with E-state index in [0.29, 0.717) is 0 Å². The van der Waals surface area contributed by atoms with Crippen LogP contribution in [0.3, 0.4) is 0 Å². The maximum absolute atomic E-state index is 2.35. The average Bonchev–Trinajstić information content (AvgIpc) is 2.36. The lowest BCUT2D eigenvalue weighted by molar-refractivity contribution is 0.499. The van der Waals surface area contributed by atoms with Crippen LogP contribution < -0.4 is 0 Å². The van der Waals surface area contributed by atoms with Crippen LogP contribution in [0.4, 0.5) is 0 Å². The predicted molar refractivity (Wildman–Crippen MR) is 84.0 cm³/mol. The van der Waals surface area contributed by atoms with Crippen molar-refractivity contribution in [3.63, 3.8) is 0 Å². The summed E-state index contributed by atoms with van der Waals surface area (Å²) in [6.45, 7) is 6.94. The quantitative estimate of drug-likeness (QED) is 0.349. The summed E-state index contributed by atoms with van der Waals surface area (Å²) in [5, 5.41) is 0. The molecule has 0 aliphatic rings. The molecule has 17 heavy (non-hydrogen) atoms. The van der Waals surface area contributed by atoms with Crippen LogP contribution in [0.15, 0.2) is 0 Å². The second kappa shape index (κ2) is 14.4. The third-order valence-electron chi connectivity index (χ3n) is 3.54. The Morgan fingerprint density at radius 2 is 1.41 bits per heavy atom. The second-order valence-corrected chi connectivity index (χ2v) is 6.41. The third kappa shape index (κ3) is 12.6. The van der Waals surface area contributed by atoms with Gasteiger partial charge in [0.2, 0.25) is 0 Å². The van der Waals surface area contributed by atoms with Gasteiger partial charge in [0.15, 0.2) is 0 Å². The van der Waals surface area contributed by atoms with Crippen molar-refractivity contribution < 1.29 is 0 Å². The van der Waals surface area contributed by atoms with Crippen molar-refractivity contribution in [2.75, 3.05) is 11.5 Å². The Kier molecular flexibility index (Phi) is 14.7.